The van der Waals surface area contributed by atoms with Crippen molar-refractivity contribution < 1.29 is 9.53 Å². The van der Waals surface area contributed by atoms with Crippen LogP contribution in [0.15, 0.2) is 30.3 Å². The molecule has 2 heteroatoms. The molecule has 1 aromatic rings. The van der Waals surface area contributed by atoms with E-state index in [0.29, 0.717) is 12.4 Å². The summed E-state index contributed by atoms with van der Waals surface area (Å²) >= 11 is 0. The molecule has 1 saturated carbocycles. The van der Waals surface area contributed by atoms with E-state index in [0.717, 1.165) is 32.3 Å². The first-order valence-electron chi connectivity index (χ1n) is 7.50. The van der Waals surface area contributed by atoms with Gasteiger partial charge in [-0.05, 0) is 31.2 Å². The van der Waals surface area contributed by atoms with Crippen LogP contribution in [0.1, 0.15) is 44.1 Å². The third kappa shape index (κ3) is 2.34. The van der Waals surface area contributed by atoms with E-state index in [-0.39, 0.29) is 11.3 Å². The van der Waals surface area contributed by atoms with E-state index < -0.39 is 0 Å². The Bertz CT molecular complexity index is 426. The fourth-order valence-corrected chi connectivity index (χ4v) is 3.75. The van der Waals surface area contributed by atoms with Crippen molar-refractivity contribution in [2.75, 3.05) is 13.2 Å². The molecular formula is C17H22O2. The summed E-state index contributed by atoms with van der Waals surface area (Å²) in [7, 11) is 0. The van der Waals surface area contributed by atoms with Crippen LogP contribution in [0.4, 0.5) is 0 Å². The lowest BCUT2D eigenvalue weighted by Crippen LogP contribution is -2.40. The van der Waals surface area contributed by atoms with Crippen molar-refractivity contribution in [3.63, 3.8) is 0 Å². The molecule has 0 aromatic heterocycles. The predicted molar refractivity (Wildman–Crippen MR) is 75.1 cm³/mol. The van der Waals surface area contributed by atoms with Gasteiger partial charge in [0.1, 0.15) is 5.78 Å². The summed E-state index contributed by atoms with van der Waals surface area (Å²) < 4.78 is 5.52. The first-order chi connectivity index (χ1) is 9.33. The smallest absolute Gasteiger partial charge is 0.148 e. The van der Waals surface area contributed by atoms with Crippen LogP contribution in [-0.2, 0) is 14.9 Å². The normalized spacial score (nSPS) is 26.2. The summed E-state index contributed by atoms with van der Waals surface area (Å²) in [5.74, 6) is 0.558. The molecule has 0 spiro atoms. The summed E-state index contributed by atoms with van der Waals surface area (Å²) in [4.78, 5) is 13.0. The fourth-order valence-electron chi connectivity index (χ4n) is 3.75. The molecule has 1 aromatic carbocycles. The van der Waals surface area contributed by atoms with Gasteiger partial charge in [-0.3, -0.25) is 4.79 Å². The van der Waals surface area contributed by atoms with E-state index in [4.69, 9.17) is 4.74 Å². The number of hydrogen-bond acceptors (Lipinski definition) is 2. The second-order valence-electron chi connectivity index (χ2n) is 5.93. The highest BCUT2D eigenvalue weighted by atomic mass is 16.5. The zero-order valence-corrected chi connectivity index (χ0v) is 11.4. The van der Waals surface area contributed by atoms with E-state index >= 15 is 0 Å². The molecule has 2 aliphatic rings. The Morgan fingerprint density at radius 1 is 1.11 bits per heavy atom. The molecule has 2 fully saturated rings. The van der Waals surface area contributed by atoms with Crippen molar-refractivity contribution in [1.82, 2.24) is 0 Å². The molecular weight excluding hydrogens is 236 g/mol. The van der Waals surface area contributed by atoms with Crippen LogP contribution in [-0.4, -0.2) is 19.0 Å². The number of carbonyl (C=O) groups excluding carboxylic acids is 1. The quantitative estimate of drug-likeness (QED) is 0.829. The highest BCUT2D eigenvalue weighted by Gasteiger charge is 2.45. The first-order valence-corrected chi connectivity index (χ1v) is 7.50. The molecule has 2 nitrogen and oxygen atoms in total. The molecule has 0 amide bonds. The van der Waals surface area contributed by atoms with Gasteiger partial charge in [0.15, 0.2) is 0 Å². The highest BCUT2D eigenvalue weighted by molar-refractivity contribution is 5.92. The van der Waals surface area contributed by atoms with Gasteiger partial charge in [0, 0.05) is 12.5 Å². The molecule has 0 bridgehead atoms. The lowest BCUT2D eigenvalue weighted by atomic mass is 9.70. The van der Waals surface area contributed by atoms with Gasteiger partial charge in [-0.2, -0.15) is 0 Å². The molecule has 1 unspecified atom stereocenters. The summed E-state index contributed by atoms with van der Waals surface area (Å²) in [6.45, 7) is 1.45. The van der Waals surface area contributed by atoms with Crippen molar-refractivity contribution in [2.45, 2.75) is 43.9 Å². The standard InChI is InChI=1S/C17H22O2/c18-16(14-7-6-12-19-13-14)17(10-4-5-11-17)15-8-2-1-3-9-15/h1-3,8-9,14H,4-7,10-13H2. The van der Waals surface area contributed by atoms with Gasteiger partial charge in [-0.15, -0.1) is 0 Å². The minimum absolute atomic E-state index is 0.118. The van der Waals surface area contributed by atoms with Crippen LogP contribution >= 0.6 is 0 Å². The molecule has 1 heterocycles. The van der Waals surface area contributed by atoms with Gasteiger partial charge in [-0.1, -0.05) is 43.2 Å². The van der Waals surface area contributed by atoms with Crippen molar-refractivity contribution in [3.05, 3.63) is 35.9 Å². The maximum atomic E-state index is 13.0. The van der Waals surface area contributed by atoms with E-state index in [2.05, 4.69) is 24.3 Å². The number of rotatable bonds is 3. The lowest BCUT2D eigenvalue weighted by Gasteiger charge is -2.33. The maximum Gasteiger partial charge on any atom is 0.148 e. The van der Waals surface area contributed by atoms with Gasteiger partial charge in [0.2, 0.25) is 0 Å². The third-order valence-electron chi connectivity index (χ3n) is 4.79. The minimum Gasteiger partial charge on any atom is -0.381 e. The Kier molecular flexibility index (Phi) is 3.69. The largest absolute Gasteiger partial charge is 0.381 e. The summed E-state index contributed by atoms with van der Waals surface area (Å²) in [5.41, 5.74) is 1.01. The van der Waals surface area contributed by atoms with Crippen molar-refractivity contribution in [3.8, 4) is 0 Å². The molecule has 102 valence electrons. The Morgan fingerprint density at radius 3 is 2.47 bits per heavy atom. The molecule has 0 radical (unpaired) electrons. The van der Waals surface area contributed by atoms with Gasteiger partial charge >= 0.3 is 0 Å². The molecule has 19 heavy (non-hydrogen) atoms. The van der Waals surface area contributed by atoms with E-state index in [9.17, 15) is 4.79 Å². The first kappa shape index (κ1) is 12.9. The van der Waals surface area contributed by atoms with Crippen LogP contribution in [0.2, 0.25) is 0 Å². The number of ketones is 1. The zero-order chi connectivity index (χ0) is 13.1. The van der Waals surface area contributed by atoms with Crippen LogP contribution in [0.3, 0.4) is 0 Å². The topological polar surface area (TPSA) is 26.3 Å². The van der Waals surface area contributed by atoms with Crippen LogP contribution in [0.25, 0.3) is 0 Å². The van der Waals surface area contributed by atoms with Crippen LogP contribution in [0, 0.1) is 5.92 Å². The van der Waals surface area contributed by atoms with Gasteiger partial charge in [0.25, 0.3) is 0 Å². The maximum absolute atomic E-state index is 13.0. The number of benzene rings is 1. The molecule has 1 aliphatic heterocycles. The van der Waals surface area contributed by atoms with Gasteiger partial charge in [0.05, 0.1) is 12.0 Å². The second-order valence-corrected chi connectivity index (χ2v) is 5.93. The van der Waals surface area contributed by atoms with Crippen molar-refractivity contribution >= 4 is 5.78 Å². The van der Waals surface area contributed by atoms with Crippen molar-refractivity contribution in [1.29, 1.82) is 0 Å². The van der Waals surface area contributed by atoms with E-state index in [1.165, 1.54) is 18.4 Å². The van der Waals surface area contributed by atoms with Crippen LogP contribution in [0.5, 0.6) is 0 Å². The molecule has 1 atom stereocenters. The second kappa shape index (κ2) is 5.46. The average molecular weight is 258 g/mol. The highest BCUT2D eigenvalue weighted by Crippen LogP contribution is 2.44. The number of hydrogen-bond donors (Lipinski definition) is 0. The Balaban J connectivity index is 1.90. The fraction of sp³-hybridized carbons (Fsp3) is 0.588. The Hall–Kier alpha value is -1.15. The summed E-state index contributed by atoms with van der Waals surface area (Å²) in [6.07, 6.45) is 6.43. The van der Waals surface area contributed by atoms with E-state index in [1.807, 2.05) is 6.07 Å². The molecule has 0 N–H and O–H groups in total. The SMILES string of the molecule is O=C(C1CCCOC1)C1(c2ccccc2)CCCC1. The summed E-state index contributed by atoms with van der Waals surface area (Å²) in [6, 6.07) is 10.4. The number of ether oxygens (including phenoxy) is 1. The average Bonchev–Trinajstić information content (AvgIpc) is 2.99. The van der Waals surface area contributed by atoms with Gasteiger partial charge < -0.3 is 4.74 Å². The van der Waals surface area contributed by atoms with E-state index in [1.54, 1.807) is 0 Å². The monoisotopic (exact) mass is 258 g/mol. The zero-order valence-electron chi connectivity index (χ0n) is 11.4. The Labute approximate surface area is 115 Å². The van der Waals surface area contributed by atoms with Crippen molar-refractivity contribution in [2.24, 2.45) is 5.92 Å². The van der Waals surface area contributed by atoms with Gasteiger partial charge in [-0.25, -0.2) is 0 Å². The molecule has 1 aliphatic carbocycles. The Morgan fingerprint density at radius 2 is 1.84 bits per heavy atom. The lowest BCUT2D eigenvalue weighted by molar-refractivity contribution is -0.132. The van der Waals surface area contributed by atoms with Crippen LogP contribution < -0.4 is 0 Å². The molecule has 3 rings (SSSR count). The number of Topliss-reactive ketones (excluding diaryl/α,β-unsaturated/α-hetero) is 1. The summed E-state index contributed by atoms with van der Waals surface area (Å²) in [5, 5.41) is 0. The minimum atomic E-state index is -0.216. The predicted octanol–water partition coefficient (Wildman–Crippen LogP) is 3.49. The number of carbonyl (C=O) groups is 1. The molecule has 1 saturated heterocycles. The third-order valence-corrected chi connectivity index (χ3v) is 4.79.